The van der Waals surface area contributed by atoms with Crippen LogP contribution in [0.4, 0.5) is 5.69 Å². The fourth-order valence-corrected chi connectivity index (χ4v) is 1.83. The topological polar surface area (TPSA) is 86.5 Å². The number of rotatable bonds is 6. The highest BCUT2D eigenvalue weighted by Crippen LogP contribution is 2.33. The van der Waals surface area contributed by atoms with Gasteiger partial charge in [-0.25, -0.2) is 4.98 Å². The minimum absolute atomic E-state index is 0.152. The quantitative estimate of drug-likeness (QED) is 0.649. The average molecular weight is 289 g/mol. The molecule has 21 heavy (non-hydrogen) atoms. The van der Waals surface area contributed by atoms with Gasteiger partial charge in [0.05, 0.1) is 18.1 Å². The Balaban J connectivity index is 2.32. The van der Waals surface area contributed by atoms with Crippen LogP contribution in [-0.2, 0) is 6.54 Å². The molecule has 7 heteroatoms. The molecule has 0 fully saturated rings. The molecular formula is C14H15N3O4. The first-order valence-electron chi connectivity index (χ1n) is 6.24. The van der Waals surface area contributed by atoms with Crippen LogP contribution in [0.15, 0.2) is 36.5 Å². The summed E-state index contributed by atoms with van der Waals surface area (Å²) in [6.45, 7) is 0.585. The third-order valence-electron chi connectivity index (χ3n) is 2.78. The van der Waals surface area contributed by atoms with Crippen molar-refractivity contribution in [1.82, 2.24) is 10.3 Å². The van der Waals surface area contributed by atoms with Gasteiger partial charge in [-0.3, -0.25) is 10.1 Å². The van der Waals surface area contributed by atoms with Crippen molar-refractivity contribution in [3.63, 3.8) is 0 Å². The van der Waals surface area contributed by atoms with Crippen LogP contribution >= 0.6 is 0 Å². The van der Waals surface area contributed by atoms with E-state index in [1.165, 1.54) is 19.2 Å². The number of aromatic nitrogens is 1. The molecule has 0 amide bonds. The predicted octanol–water partition coefficient (Wildman–Crippen LogP) is 2.51. The smallest absolute Gasteiger partial charge is 0.314 e. The maximum Gasteiger partial charge on any atom is 0.314 e. The van der Waals surface area contributed by atoms with Crippen molar-refractivity contribution in [3.8, 4) is 17.4 Å². The van der Waals surface area contributed by atoms with Gasteiger partial charge in [0.2, 0.25) is 5.88 Å². The lowest BCUT2D eigenvalue weighted by Crippen LogP contribution is -2.07. The first-order valence-corrected chi connectivity index (χ1v) is 6.24. The van der Waals surface area contributed by atoms with Crippen molar-refractivity contribution in [2.24, 2.45) is 0 Å². The van der Waals surface area contributed by atoms with Crippen molar-refractivity contribution >= 4 is 5.69 Å². The van der Waals surface area contributed by atoms with Crippen molar-refractivity contribution < 1.29 is 14.4 Å². The largest absolute Gasteiger partial charge is 0.490 e. The first-order chi connectivity index (χ1) is 10.2. The molecule has 110 valence electrons. The van der Waals surface area contributed by atoms with Crippen LogP contribution in [0.5, 0.6) is 17.4 Å². The fraction of sp³-hybridized carbons (Fsp3) is 0.214. The molecule has 1 aromatic carbocycles. The lowest BCUT2D eigenvalue weighted by molar-refractivity contribution is -0.385. The van der Waals surface area contributed by atoms with E-state index >= 15 is 0 Å². The van der Waals surface area contributed by atoms with E-state index in [1.54, 1.807) is 18.3 Å². The zero-order chi connectivity index (χ0) is 15.2. The van der Waals surface area contributed by atoms with Crippen LogP contribution < -0.4 is 14.8 Å². The van der Waals surface area contributed by atoms with Crippen LogP contribution in [0.2, 0.25) is 0 Å². The van der Waals surface area contributed by atoms with Crippen LogP contribution in [0.25, 0.3) is 0 Å². The predicted molar refractivity (Wildman–Crippen MR) is 76.7 cm³/mol. The van der Waals surface area contributed by atoms with Gasteiger partial charge in [-0.05, 0) is 25.2 Å². The Hall–Kier alpha value is -2.67. The minimum atomic E-state index is -0.515. The molecule has 0 saturated carbocycles. The van der Waals surface area contributed by atoms with Gasteiger partial charge in [-0.15, -0.1) is 0 Å². The summed E-state index contributed by atoms with van der Waals surface area (Å²) < 4.78 is 10.6. The molecule has 7 nitrogen and oxygen atoms in total. The van der Waals surface area contributed by atoms with E-state index in [1.807, 2.05) is 13.1 Å². The molecule has 0 spiro atoms. The van der Waals surface area contributed by atoms with Crippen LogP contribution in [0.1, 0.15) is 5.56 Å². The summed E-state index contributed by atoms with van der Waals surface area (Å²) in [6, 6.07) is 8.08. The van der Waals surface area contributed by atoms with E-state index in [4.69, 9.17) is 9.47 Å². The number of pyridine rings is 1. The molecule has 1 N–H and O–H groups in total. The number of ether oxygens (including phenoxy) is 2. The van der Waals surface area contributed by atoms with Crippen LogP contribution in [0.3, 0.4) is 0 Å². The number of methoxy groups -OCH3 is 1. The van der Waals surface area contributed by atoms with Gasteiger partial charge in [0.15, 0.2) is 5.75 Å². The van der Waals surface area contributed by atoms with E-state index in [9.17, 15) is 10.1 Å². The van der Waals surface area contributed by atoms with Crippen LogP contribution in [-0.4, -0.2) is 24.1 Å². The molecule has 0 saturated heterocycles. The highest BCUT2D eigenvalue weighted by atomic mass is 16.6. The number of nitro groups is 1. The highest BCUT2D eigenvalue weighted by Gasteiger charge is 2.16. The van der Waals surface area contributed by atoms with Gasteiger partial charge in [0, 0.05) is 18.3 Å². The molecule has 0 atom stereocenters. The first kappa shape index (κ1) is 14.7. The zero-order valence-corrected chi connectivity index (χ0v) is 11.7. The number of nitro benzene ring substituents is 1. The maximum absolute atomic E-state index is 11.0. The Kier molecular flexibility index (Phi) is 4.68. The second-order valence-electron chi connectivity index (χ2n) is 4.19. The Morgan fingerprint density at radius 2 is 2.19 bits per heavy atom. The van der Waals surface area contributed by atoms with Crippen molar-refractivity contribution in [1.29, 1.82) is 0 Å². The fourth-order valence-electron chi connectivity index (χ4n) is 1.83. The SMILES string of the molecule is CNCc1cccnc1Oc1ccc(OC)c([N+](=O)[O-])c1. The molecule has 0 aliphatic carbocycles. The summed E-state index contributed by atoms with van der Waals surface area (Å²) >= 11 is 0. The van der Waals surface area contributed by atoms with Gasteiger partial charge in [0.25, 0.3) is 0 Å². The van der Waals surface area contributed by atoms with Gasteiger partial charge in [-0.1, -0.05) is 6.07 Å². The molecule has 1 heterocycles. The van der Waals surface area contributed by atoms with E-state index < -0.39 is 4.92 Å². The molecule has 2 aromatic rings. The second-order valence-corrected chi connectivity index (χ2v) is 4.19. The molecule has 0 bridgehead atoms. The van der Waals surface area contributed by atoms with E-state index in [-0.39, 0.29) is 11.4 Å². The molecular weight excluding hydrogens is 274 g/mol. The Labute approximate surface area is 121 Å². The van der Waals surface area contributed by atoms with E-state index in [0.29, 0.717) is 18.2 Å². The summed E-state index contributed by atoms with van der Waals surface area (Å²) in [5.74, 6) is 0.925. The molecule has 0 aliphatic heterocycles. The Morgan fingerprint density at radius 3 is 2.86 bits per heavy atom. The number of benzene rings is 1. The number of nitrogens with one attached hydrogen (secondary N) is 1. The average Bonchev–Trinajstić information content (AvgIpc) is 2.49. The molecule has 1 aromatic heterocycles. The monoisotopic (exact) mass is 289 g/mol. The van der Waals surface area contributed by atoms with E-state index in [0.717, 1.165) is 5.56 Å². The molecule has 2 rings (SSSR count). The lowest BCUT2D eigenvalue weighted by Gasteiger charge is -2.10. The van der Waals surface area contributed by atoms with Gasteiger partial charge in [-0.2, -0.15) is 0 Å². The summed E-state index contributed by atoms with van der Waals surface area (Å²) in [5.41, 5.74) is 0.708. The van der Waals surface area contributed by atoms with Crippen molar-refractivity contribution in [2.45, 2.75) is 6.54 Å². The van der Waals surface area contributed by atoms with E-state index in [2.05, 4.69) is 10.3 Å². The Bertz CT molecular complexity index is 646. The summed E-state index contributed by atoms with van der Waals surface area (Å²) in [5, 5.41) is 14.0. The summed E-state index contributed by atoms with van der Waals surface area (Å²) in [4.78, 5) is 14.6. The molecule has 0 aliphatic rings. The number of hydrogen-bond acceptors (Lipinski definition) is 6. The lowest BCUT2D eigenvalue weighted by atomic mass is 10.2. The van der Waals surface area contributed by atoms with Crippen molar-refractivity contribution in [3.05, 3.63) is 52.2 Å². The normalized spacial score (nSPS) is 10.2. The second kappa shape index (κ2) is 6.67. The summed E-state index contributed by atoms with van der Waals surface area (Å²) in [7, 11) is 3.20. The summed E-state index contributed by atoms with van der Waals surface area (Å²) in [6.07, 6.45) is 1.60. The third kappa shape index (κ3) is 3.46. The van der Waals surface area contributed by atoms with Gasteiger partial charge < -0.3 is 14.8 Å². The molecule has 0 unspecified atom stereocenters. The third-order valence-corrected chi connectivity index (χ3v) is 2.78. The molecule has 0 radical (unpaired) electrons. The number of nitrogens with zero attached hydrogens (tertiary/aromatic N) is 2. The van der Waals surface area contributed by atoms with Crippen molar-refractivity contribution in [2.75, 3.05) is 14.2 Å². The Morgan fingerprint density at radius 1 is 1.38 bits per heavy atom. The standard InChI is InChI=1S/C14H15N3O4/c1-15-9-10-4-3-7-16-14(10)21-11-5-6-13(20-2)12(8-11)17(18)19/h3-8,15H,9H2,1-2H3. The zero-order valence-electron chi connectivity index (χ0n) is 11.7. The van der Waals surface area contributed by atoms with Gasteiger partial charge >= 0.3 is 5.69 Å². The highest BCUT2D eigenvalue weighted by molar-refractivity contribution is 5.51. The van der Waals surface area contributed by atoms with Gasteiger partial charge in [0.1, 0.15) is 5.75 Å². The minimum Gasteiger partial charge on any atom is -0.490 e. The number of hydrogen-bond donors (Lipinski definition) is 1. The van der Waals surface area contributed by atoms with Crippen LogP contribution in [0, 0.1) is 10.1 Å². The maximum atomic E-state index is 11.0.